The molecule has 0 aliphatic heterocycles. The van der Waals surface area contributed by atoms with Gasteiger partial charge in [0, 0.05) is 18.4 Å². The molecule has 8 heteroatoms. The molecule has 0 unspecified atom stereocenters. The van der Waals surface area contributed by atoms with Gasteiger partial charge in [0.05, 0.1) is 19.8 Å². The Balaban J connectivity index is 2.45. The van der Waals surface area contributed by atoms with Crippen LogP contribution in [0.2, 0.25) is 0 Å². The lowest BCUT2D eigenvalue weighted by atomic mass is 9.83. The van der Waals surface area contributed by atoms with Crippen LogP contribution in [-0.4, -0.2) is 31.9 Å². The van der Waals surface area contributed by atoms with Crippen molar-refractivity contribution in [3.8, 4) is 0 Å². The summed E-state index contributed by atoms with van der Waals surface area (Å²) in [5, 5.41) is 0. The summed E-state index contributed by atoms with van der Waals surface area (Å²) in [5.74, 6) is -1.92. The van der Waals surface area contributed by atoms with Crippen LogP contribution in [0.3, 0.4) is 0 Å². The van der Waals surface area contributed by atoms with Crippen LogP contribution in [0.15, 0.2) is 41.0 Å². The Kier molecular flexibility index (Phi) is 6.35. The van der Waals surface area contributed by atoms with E-state index in [-0.39, 0.29) is 18.6 Å². The maximum atomic E-state index is 12.7. The van der Waals surface area contributed by atoms with Gasteiger partial charge >= 0.3 is 18.1 Å². The summed E-state index contributed by atoms with van der Waals surface area (Å²) in [6.45, 7) is 2.99. The van der Waals surface area contributed by atoms with Crippen LogP contribution in [0, 0.1) is 5.41 Å². The lowest BCUT2D eigenvalue weighted by molar-refractivity contribution is -0.168. The van der Waals surface area contributed by atoms with E-state index in [0.717, 1.165) is 26.4 Å². The number of hydrogen-bond donors (Lipinski definition) is 0. The standard InChI is InChI=1S/C21H21F3O5/c1-12(9-14-5-7-15(8-6-14)21(22,23)24)16-10-20(18(26)28-3,19(27)29-4)11-17(16)13(2)25/h5-9H,10-11H2,1-4H3/b12-9+. The second kappa shape index (κ2) is 8.23. The van der Waals surface area contributed by atoms with Crippen LogP contribution in [-0.2, 0) is 30.0 Å². The number of esters is 2. The summed E-state index contributed by atoms with van der Waals surface area (Å²) in [6.07, 6.45) is -3.09. The zero-order chi connectivity index (χ0) is 22.0. The van der Waals surface area contributed by atoms with Gasteiger partial charge in [-0.3, -0.25) is 14.4 Å². The second-order valence-electron chi connectivity index (χ2n) is 6.88. The van der Waals surface area contributed by atoms with Gasteiger partial charge in [0.1, 0.15) is 0 Å². The molecule has 0 atom stereocenters. The smallest absolute Gasteiger partial charge is 0.416 e. The fourth-order valence-electron chi connectivity index (χ4n) is 3.46. The monoisotopic (exact) mass is 410 g/mol. The van der Waals surface area contributed by atoms with E-state index in [1.807, 2.05) is 0 Å². The summed E-state index contributed by atoms with van der Waals surface area (Å²) in [6, 6.07) is 4.54. The van der Waals surface area contributed by atoms with Gasteiger partial charge in [-0.25, -0.2) is 0 Å². The number of benzene rings is 1. The predicted molar refractivity (Wildman–Crippen MR) is 98.5 cm³/mol. The first-order valence-corrected chi connectivity index (χ1v) is 8.72. The van der Waals surface area contributed by atoms with Crippen LogP contribution in [0.25, 0.3) is 6.08 Å². The predicted octanol–water partition coefficient (Wildman–Crippen LogP) is 4.12. The molecule has 156 valence electrons. The Morgan fingerprint density at radius 2 is 1.41 bits per heavy atom. The molecule has 29 heavy (non-hydrogen) atoms. The molecule has 0 saturated heterocycles. The summed E-state index contributed by atoms with van der Waals surface area (Å²) in [5.41, 5.74) is -0.610. The van der Waals surface area contributed by atoms with Gasteiger partial charge in [-0.05, 0) is 42.7 Å². The molecule has 0 N–H and O–H groups in total. The van der Waals surface area contributed by atoms with E-state index < -0.39 is 29.1 Å². The first-order chi connectivity index (χ1) is 13.5. The molecule has 1 aromatic rings. The lowest BCUT2D eigenvalue weighted by Gasteiger charge is -2.23. The Bertz CT molecular complexity index is 876. The van der Waals surface area contributed by atoms with E-state index in [0.29, 0.717) is 22.3 Å². The fourth-order valence-corrected chi connectivity index (χ4v) is 3.46. The fraction of sp³-hybridized carbons (Fsp3) is 0.381. The van der Waals surface area contributed by atoms with E-state index in [1.165, 1.54) is 19.1 Å². The zero-order valence-corrected chi connectivity index (χ0v) is 16.5. The van der Waals surface area contributed by atoms with Gasteiger partial charge in [-0.15, -0.1) is 0 Å². The van der Waals surface area contributed by atoms with Crippen molar-refractivity contribution in [2.24, 2.45) is 5.41 Å². The first-order valence-electron chi connectivity index (χ1n) is 8.72. The van der Waals surface area contributed by atoms with Crippen molar-refractivity contribution in [3.05, 3.63) is 52.1 Å². The highest BCUT2D eigenvalue weighted by Crippen LogP contribution is 2.47. The zero-order valence-electron chi connectivity index (χ0n) is 16.5. The number of hydrogen-bond acceptors (Lipinski definition) is 5. The highest BCUT2D eigenvalue weighted by atomic mass is 19.4. The molecular formula is C21H21F3O5. The number of carbonyl (C=O) groups excluding carboxylic acids is 3. The Hall–Kier alpha value is -2.90. The molecule has 5 nitrogen and oxygen atoms in total. The highest BCUT2D eigenvalue weighted by molar-refractivity contribution is 6.06. The SMILES string of the molecule is COC(=O)C1(C(=O)OC)CC(C(C)=O)=C(/C(C)=C/c2ccc(C(F)(F)F)cc2)C1. The molecule has 1 aliphatic rings. The van der Waals surface area contributed by atoms with Gasteiger partial charge in [0.2, 0.25) is 0 Å². The number of Topliss-reactive ketones (excluding diaryl/α,β-unsaturated/α-hetero) is 1. The van der Waals surface area contributed by atoms with Crippen LogP contribution >= 0.6 is 0 Å². The Morgan fingerprint density at radius 3 is 1.83 bits per heavy atom. The van der Waals surface area contributed by atoms with E-state index in [1.54, 1.807) is 13.0 Å². The van der Waals surface area contributed by atoms with E-state index >= 15 is 0 Å². The topological polar surface area (TPSA) is 69.7 Å². The Morgan fingerprint density at radius 1 is 0.931 bits per heavy atom. The van der Waals surface area contributed by atoms with Crippen molar-refractivity contribution >= 4 is 23.8 Å². The number of ketones is 1. The van der Waals surface area contributed by atoms with Crippen LogP contribution in [0.1, 0.15) is 37.8 Å². The third kappa shape index (κ3) is 4.41. The number of methoxy groups -OCH3 is 2. The molecule has 2 rings (SSSR count). The molecule has 0 aromatic heterocycles. The first kappa shape index (κ1) is 22.4. The number of ether oxygens (including phenoxy) is 2. The van der Waals surface area contributed by atoms with E-state index in [2.05, 4.69) is 0 Å². The number of carbonyl (C=O) groups is 3. The number of alkyl halides is 3. The normalized spacial score (nSPS) is 16.6. The number of rotatable bonds is 5. The average Bonchev–Trinajstić information content (AvgIpc) is 3.09. The van der Waals surface area contributed by atoms with Gasteiger partial charge < -0.3 is 9.47 Å². The third-order valence-corrected chi connectivity index (χ3v) is 5.00. The van der Waals surface area contributed by atoms with Crippen molar-refractivity contribution < 1.29 is 37.0 Å². The quantitative estimate of drug-likeness (QED) is 0.540. The molecule has 0 radical (unpaired) electrons. The molecular weight excluding hydrogens is 389 g/mol. The van der Waals surface area contributed by atoms with Crippen LogP contribution in [0.5, 0.6) is 0 Å². The second-order valence-corrected chi connectivity index (χ2v) is 6.88. The Labute approximate surface area is 166 Å². The van der Waals surface area contributed by atoms with Gasteiger partial charge in [0.25, 0.3) is 0 Å². The lowest BCUT2D eigenvalue weighted by Crippen LogP contribution is -2.39. The molecule has 0 saturated carbocycles. The number of allylic oxidation sites excluding steroid dienone is 3. The van der Waals surface area contributed by atoms with Crippen molar-refractivity contribution in [3.63, 3.8) is 0 Å². The molecule has 0 bridgehead atoms. The molecule has 0 amide bonds. The van der Waals surface area contributed by atoms with E-state index in [9.17, 15) is 27.6 Å². The molecule has 0 fully saturated rings. The summed E-state index contributed by atoms with van der Waals surface area (Å²) in [4.78, 5) is 36.9. The number of halogens is 3. The molecule has 0 heterocycles. The largest absolute Gasteiger partial charge is 0.468 e. The van der Waals surface area contributed by atoms with Crippen molar-refractivity contribution in [1.29, 1.82) is 0 Å². The third-order valence-electron chi connectivity index (χ3n) is 5.00. The summed E-state index contributed by atoms with van der Waals surface area (Å²) in [7, 11) is 2.28. The summed E-state index contributed by atoms with van der Waals surface area (Å²) >= 11 is 0. The molecule has 1 aromatic carbocycles. The minimum Gasteiger partial charge on any atom is -0.468 e. The van der Waals surface area contributed by atoms with Crippen molar-refractivity contribution in [2.45, 2.75) is 32.9 Å². The van der Waals surface area contributed by atoms with Crippen molar-refractivity contribution in [1.82, 2.24) is 0 Å². The highest BCUT2D eigenvalue weighted by Gasteiger charge is 2.54. The van der Waals surface area contributed by atoms with Gasteiger partial charge in [-0.1, -0.05) is 18.2 Å². The van der Waals surface area contributed by atoms with E-state index in [4.69, 9.17) is 9.47 Å². The molecule has 0 spiro atoms. The minimum absolute atomic E-state index is 0.0930. The van der Waals surface area contributed by atoms with Crippen molar-refractivity contribution in [2.75, 3.05) is 14.2 Å². The van der Waals surface area contributed by atoms with Gasteiger partial charge in [-0.2, -0.15) is 13.2 Å². The maximum Gasteiger partial charge on any atom is 0.416 e. The molecule has 1 aliphatic carbocycles. The minimum atomic E-state index is -4.44. The van der Waals surface area contributed by atoms with Crippen LogP contribution in [0.4, 0.5) is 13.2 Å². The maximum absolute atomic E-state index is 12.7. The van der Waals surface area contributed by atoms with Crippen LogP contribution < -0.4 is 0 Å². The summed E-state index contributed by atoms with van der Waals surface area (Å²) < 4.78 is 47.7. The average molecular weight is 410 g/mol. The van der Waals surface area contributed by atoms with Gasteiger partial charge in [0.15, 0.2) is 11.2 Å².